The van der Waals surface area contributed by atoms with Gasteiger partial charge in [0.2, 0.25) is 0 Å². The van der Waals surface area contributed by atoms with Crippen molar-refractivity contribution >= 4 is 27.9 Å². The topological polar surface area (TPSA) is 112 Å². The maximum Gasteiger partial charge on any atom is 0.303 e. The van der Waals surface area contributed by atoms with Crippen LogP contribution in [0.3, 0.4) is 0 Å². The number of rotatable bonds is 6. The lowest BCUT2D eigenvalue weighted by atomic mass is 9.98. The lowest BCUT2D eigenvalue weighted by molar-refractivity contribution is -0.304. The highest BCUT2D eigenvalue weighted by molar-refractivity contribution is 9.09. The van der Waals surface area contributed by atoms with Gasteiger partial charge in [0.1, 0.15) is 12.2 Å². The van der Waals surface area contributed by atoms with Gasteiger partial charge in [0.05, 0.1) is 13.2 Å². The number of esters is 2. The molecule has 0 aliphatic carbocycles. The Bertz CT molecular complexity index is 363. The van der Waals surface area contributed by atoms with E-state index in [2.05, 4.69) is 15.9 Å². The van der Waals surface area contributed by atoms with Crippen LogP contribution in [-0.2, 0) is 28.5 Å². The SMILES string of the molecule is CC(=O)O[C@H]1[C@H](O)[C@@H](CO)OC(OCCBr)[C@@H]1OC(C)=O. The van der Waals surface area contributed by atoms with E-state index in [1.54, 1.807) is 0 Å². The fraction of sp³-hybridized carbons (Fsp3) is 0.833. The van der Waals surface area contributed by atoms with E-state index < -0.39 is 49.3 Å². The largest absolute Gasteiger partial charge is 0.455 e. The molecule has 0 aromatic heterocycles. The Morgan fingerprint density at radius 2 is 1.76 bits per heavy atom. The first-order chi connectivity index (χ1) is 9.90. The van der Waals surface area contributed by atoms with Crippen molar-refractivity contribution in [1.29, 1.82) is 0 Å². The monoisotopic (exact) mass is 370 g/mol. The minimum absolute atomic E-state index is 0.240. The first-order valence-corrected chi connectivity index (χ1v) is 7.49. The van der Waals surface area contributed by atoms with Crippen molar-refractivity contribution in [3.05, 3.63) is 0 Å². The van der Waals surface area contributed by atoms with E-state index in [-0.39, 0.29) is 6.61 Å². The van der Waals surface area contributed by atoms with E-state index >= 15 is 0 Å². The molecule has 0 saturated carbocycles. The van der Waals surface area contributed by atoms with Crippen LogP contribution in [0.4, 0.5) is 0 Å². The van der Waals surface area contributed by atoms with Gasteiger partial charge in [0.25, 0.3) is 0 Å². The van der Waals surface area contributed by atoms with Gasteiger partial charge in [-0.05, 0) is 0 Å². The summed E-state index contributed by atoms with van der Waals surface area (Å²) in [5.74, 6) is -1.29. The van der Waals surface area contributed by atoms with E-state index in [0.29, 0.717) is 5.33 Å². The van der Waals surface area contributed by atoms with Gasteiger partial charge < -0.3 is 29.2 Å². The minimum Gasteiger partial charge on any atom is -0.455 e. The number of carbonyl (C=O) groups excluding carboxylic acids is 2. The standard InChI is InChI=1S/C12H19BrO8/c1-6(15)19-10-9(17)8(5-14)21-12(18-4-3-13)11(10)20-7(2)16/h8-12,14,17H,3-5H2,1-2H3/t8-,9-,10+,11-,12?/m1/s1. The molecule has 1 rings (SSSR count). The Hall–Kier alpha value is -0.740. The van der Waals surface area contributed by atoms with Crippen molar-refractivity contribution in [1.82, 2.24) is 0 Å². The molecule has 0 aromatic carbocycles. The number of carbonyl (C=O) groups is 2. The maximum absolute atomic E-state index is 11.2. The zero-order chi connectivity index (χ0) is 16.0. The van der Waals surface area contributed by atoms with Crippen molar-refractivity contribution in [2.45, 2.75) is 44.6 Å². The van der Waals surface area contributed by atoms with Gasteiger partial charge in [-0.2, -0.15) is 0 Å². The van der Waals surface area contributed by atoms with Gasteiger partial charge in [0, 0.05) is 19.2 Å². The second kappa shape index (κ2) is 8.64. The first-order valence-electron chi connectivity index (χ1n) is 6.37. The fourth-order valence-electron chi connectivity index (χ4n) is 1.98. The summed E-state index contributed by atoms with van der Waals surface area (Å²) in [5, 5.41) is 19.8. The van der Waals surface area contributed by atoms with Crippen molar-refractivity contribution < 1.29 is 38.7 Å². The van der Waals surface area contributed by atoms with Gasteiger partial charge in [-0.15, -0.1) is 0 Å². The molecule has 1 fully saturated rings. The third-order valence-electron chi connectivity index (χ3n) is 2.76. The van der Waals surface area contributed by atoms with Crippen LogP contribution in [0.5, 0.6) is 0 Å². The molecule has 0 bridgehead atoms. The van der Waals surface area contributed by atoms with Gasteiger partial charge >= 0.3 is 11.9 Å². The van der Waals surface area contributed by atoms with Crippen LogP contribution in [0.2, 0.25) is 0 Å². The van der Waals surface area contributed by atoms with Gasteiger partial charge in [-0.25, -0.2) is 0 Å². The molecule has 0 spiro atoms. The average Bonchev–Trinajstić information content (AvgIpc) is 2.41. The van der Waals surface area contributed by atoms with E-state index in [1.165, 1.54) is 6.92 Å². The molecule has 1 aliphatic rings. The Labute approximate surface area is 130 Å². The summed E-state index contributed by atoms with van der Waals surface area (Å²) in [5.41, 5.74) is 0. The highest BCUT2D eigenvalue weighted by atomic mass is 79.9. The highest BCUT2D eigenvalue weighted by Crippen LogP contribution is 2.27. The number of alkyl halides is 1. The van der Waals surface area contributed by atoms with Crippen molar-refractivity contribution in [2.75, 3.05) is 18.5 Å². The molecular formula is C12H19BrO8. The highest BCUT2D eigenvalue weighted by Gasteiger charge is 2.49. The molecule has 1 saturated heterocycles. The van der Waals surface area contributed by atoms with E-state index in [1.807, 2.05) is 0 Å². The van der Waals surface area contributed by atoms with Gasteiger partial charge in [-0.1, -0.05) is 15.9 Å². The van der Waals surface area contributed by atoms with Gasteiger partial charge in [-0.3, -0.25) is 9.59 Å². The summed E-state index contributed by atoms with van der Waals surface area (Å²) >= 11 is 3.17. The summed E-state index contributed by atoms with van der Waals surface area (Å²) < 4.78 is 20.8. The van der Waals surface area contributed by atoms with Crippen LogP contribution >= 0.6 is 15.9 Å². The van der Waals surface area contributed by atoms with Crippen molar-refractivity contribution in [3.8, 4) is 0 Å². The Morgan fingerprint density at radius 1 is 1.19 bits per heavy atom. The summed E-state index contributed by atoms with van der Waals surface area (Å²) in [7, 11) is 0. The molecular weight excluding hydrogens is 352 g/mol. The molecule has 0 amide bonds. The second-order valence-corrected chi connectivity index (χ2v) is 5.22. The molecule has 0 radical (unpaired) electrons. The smallest absolute Gasteiger partial charge is 0.303 e. The van der Waals surface area contributed by atoms with Crippen LogP contribution in [0, 0.1) is 0 Å². The summed E-state index contributed by atoms with van der Waals surface area (Å²) in [4.78, 5) is 22.4. The maximum atomic E-state index is 11.2. The van der Waals surface area contributed by atoms with Crippen molar-refractivity contribution in [3.63, 3.8) is 0 Å². The summed E-state index contributed by atoms with van der Waals surface area (Å²) in [6.07, 6.45) is -5.72. The second-order valence-electron chi connectivity index (χ2n) is 4.42. The zero-order valence-electron chi connectivity index (χ0n) is 11.7. The quantitative estimate of drug-likeness (QED) is 0.468. The molecule has 2 N–H and O–H groups in total. The molecule has 21 heavy (non-hydrogen) atoms. The molecule has 8 nitrogen and oxygen atoms in total. The molecule has 5 atom stereocenters. The number of aliphatic hydroxyl groups is 2. The van der Waals surface area contributed by atoms with Crippen LogP contribution < -0.4 is 0 Å². The number of hydrogen-bond acceptors (Lipinski definition) is 8. The van der Waals surface area contributed by atoms with Crippen LogP contribution in [0.25, 0.3) is 0 Å². The molecule has 1 heterocycles. The van der Waals surface area contributed by atoms with Gasteiger partial charge in [0.15, 0.2) is 18.5 Å². The lowest BCUT2D eigenvalue weighted by Gasteiger charge is -2.42. The normalized spacial score (nSPS) is 32.5. The zero-order valence-corrected chi connectivity index (χ0v) is 13.3. The van der Waals surface area contributed by atoms with E-state index in [0.717, 1.165) is 6.92 Å². The van der Waals surface area contributed by atoms with Crippen LogP contribution in [0.15, 0.2) is 0 Å². The molecule has 0 aromatic rings. The Morgan fingerprint density at radius 3 is 2.24 bits per heavy atom. The van der Waals surface area contributed by atoms with E-state index in [9.17, 15) is 19.8 Å². The first kappa shape index (κ1) is 18.3. The number of halogens is 1. The third-order valence-corrected chi connectivity index (χ3v) is 3.09. The summed E-state index contributed by atoms with van der Waals surface area (Å²) in [6, 6.07) is 0. The molecule has 9 heteroatoms. The van der Waals surface area contributed by atoms with Crippen LogP contribution in [0.1, 0.15) is 13.8 Å². The van der Waals surface area contributed by atoms with Crippen molar-refractivity contribution in [2.24, 2.45) is 0 Å². The molecule has 1 unspecified atom stereocenters. The van der Waals surface area contributed by atoms with Crippen LogP contribution in [-0.4, -0.2) is 71.4 Å². The Balaban J connectivity index is 2.97. The summed E-state index contributed by atoms with van der Waals surface area (Å²) in [6.45, 7) is 2.08. The predicted molar refractivity (Wildman–Crippen MR) is 72.6 cm³/mol. The Kier molecular flexibility index (Phi) is 7.53. The number of aliphatic hydroxyl groups excluding tert-OH is 2. The number of ether oxygens (including phenoxy) is 4. The third kappa shape index (κ3) is 5.19. The molecule has 1 aliphatic heterocycles. The van der Waals surface area contributed by atoms with E-state index in [4.69, 9.17) is 18.9 Å². The predicted octanol–water partition coefficient (Wildman–Crippen LogP) is -0.661. The molecule has 122 valence electrons. The average molecular weight is 371 g/mol. The lowest BCUT2D eigenvalue weighted by Crippen LogP contribution is -2.61. The number of hydrogen-bond donors (Lipinski definition) is 2. The minimum atomic E-state index is -1.34. The fourth-order valence-corrected chi connectivity index (χ4v) is 2.17.